The molecule has 0 spiro atoms. The lowest BCUT2D eigenvalue weighted by Gasteiger charge is -2.14. The van der Waals surface area contributed by atoms with Gasteiger partial charge in [0.15, 0.2) is 0 Å². The predicted octanol–water partition coefficient (Wildman–Crippen LogP) is 4.24. The number of carbonyl (C=O) groups is 2. The van der Waals surface area contributed by atoms with E-state index in [2.05, 4.69) is 29.2 Å². The molecule has 0 radical (unpaired) electrons. The molecule has 0 aliphatic rings. The van der Waals surface area contributed by atoms with E-state index >= 15 is 0 Å². The molecule has 0 bridgehead atoms. The zero-order valence-corrected chi connectivity index (χ0v) is 13.4. The Morgan fingerprint density at radius 3 is 2.43 bits per heavy atom. The maximum Gasteiger partial charge on any atom is 0.337 e. The van der Waals surface area contributed by atoms with Gasteiger partial charge in [0.1, 0.15) is 0 Å². The van der Waals surface area contributed by atoms with E-state index in [0.29, 0.717) is 17.2 Å². The summed E-state index contributed by atoms with van der Waals surface area (Å²) in [5.41, 5.74) is 2.73. The van der Waals surface area contributed by atoms with Crippen molar-refractivity contribution < 1.29 is 14.3 Å². The molecular formula is C18H20N2O3. The van der Waals surface area contributed by atoms with Gasteiger partial charge in [0, 0.05) is 11.4 Å². The first kappa shape index (κ1) is 16.5. The topological polar surface area (TPSA) is 67.4 Å². The summed E-state index contributed by atoms with van der Waals surface area (Å²) in [6.45, 7) is 4.14. The zero-order valence-electron chi connectivity index (χ0n) is 13.4. The molecular weight excluding hydrogens is 292 g/mol. The lowest BCUT2D eigenvalue weighted by molar-refractivity contribution is 0.0600. The third-order valence-corrected chi connectivity index (χ3v) is 3.37. The van der Waals surface area contributed by atoms with Gasteiger partial charge in [0.25, 0.3) is 0 Å². The molecule has 0 saturated heterocycles. The van der Waals surface area contributed by atoms with Crippen LogP contribution in [0.15, 0.2) is 48.5 Å². The maximum atomic E-state index is 12.2. The summed E-state index contributed by atoms with van der Waals surface area (Å²) in [5.74, 6) is -0.145. The van der Waals surface area contributed by atoms with Crippen molar-refractivity contribution >= 4 is 23.4 Å². The fourth-order valence-corrected chi connectivity index (χ4v) is 2.24. The Kier molecular flexibility index (Phi) is 5.36. The van der Waals surface area contributed by atoms with Crippen LogP contribution in [0.25, 0.3) is 0 Å². The molecule has 0 heterocycles. The Hall–Kier alpha value is -2.82. The summed E-state index contributed by atoms with van der Waals surface area (Å²) in [6, 6.07) is 13.9. The first-order valence-electron chi connectivity index (χ1n) is 7.36. The van der Waals surface area contributed by atoms with Crippen molar-refractivity contribution in [2.45, 2.75) is 19.8 Å². The first-order chi connectivity index (χ1) is 11.0. The van der Waals surface area contributed by atoms with Gasteiger partial charge >= 0.3 is 12.0 Å². The minimum atomic E-state index is -0.445. The highest BCUT2D eigenvalue weighted by atomic mass is 16.5. The molecule has 0 aliphatic heterocycles. The van der Waals surface area contributed by atoms with E-state index in [1.807, 2.05) is 24.3 Å². The van der Waals surface area contributed by atoms with Crippen molar-refractivity contribution in [3.63, 3.8) is 0 Å². The van der Waals surface area contributed by atoms with Crippen LogP contribution in [-0.4, -0.2) is 19.1 Å². The Morgan fingerprint density at radius 2 is 1.74 bits per heavy atom. The largest absolute Gasteiger partial charge is 0.465 e. The average molecular weight is 312 g/mol. The number of benzene rings is 2. The lowest BCUT2D eigenvalue weighted by Crippen LogP contribution is -2.20. The van der Waals surface area contributed by atoms with Gasteiger partial charge in [-0.15, -0.1) is 0 Å². The molecule has 2 rings (SSSR count). The van der Waals surface area contributed by atoms with Gasteiger partial charge in [0.2, 0.25) is 0 Å². The zero-order chi connectivity index (χ0) is 16.8. The van der Waals surface area contributed by atoms with Crippen molar-refractivity contribution in [1.29, 1.82) is 0 Å². The third kappa shape index (κ3) is 4.32. The second-order valence-corrected chi connectivity index (χ2v) is 5.39. The van der Waals surface area contributed by atoms with Crippen LogP contribution in [-0.2, 0) is 4.74 Å². The van der Waals surface area contributed by atoms with Crippen LogP contribution >= 0.6 is 0 Å². The fraction of sp³-hybridized carbons (Fsp3) is 0.222. The molecule has 0 atom stereocenters. The highest BCUT2D eigenvalue weighted by Gasteiger charge is 2.10. The maximum absolute atomic E-state index is 12.2. The molecule has 0 aromatic heterocycles. The summed E-state index contributed by atoms with van der Waals surface area (Å²) in [6.07, 6.45) is 0. The van der Waals surface area contributed by atoms with Crippen LogP contribution < -0.4 is 10.6 Å². The Balaban J connectivity index is 2.10. The number of esters is 1. The number of methoxy groups -OCH3 is 1. The molecule has 23 heavy (non-hydrogen) atoms. The normalized spacial score (nSPS) is 10.3. The number of ether oxygens (including phenoxy) is 1. The lowest BCUT2D eigenvalue weighted by atomic mass is 10.0. The van der Waals surface area contributed by atoms with E-state index in [-0.39, 0.29) is 6.03 Å². The minimum absolute atomic E-state index is 0.300. The van der Waals surface area contributed by atoms with Crippen LogP contribution in [0.5, 0.6) is 0 Å². The fourth-order valence-electron chi connectivity index (χ4n) is 2.24. The predicted molar refractivity (Wildman–Crippen MR) is 91.0 cm³/mol. The minimum Gasteiger partial charge on any atom is -0.465 e. The van der Waals surface area contributed by atoms with Gasteiger partial charge in [-0.1, -0.05) is 38.1 Å². The number of carbonyl (C=O) groups excluding carboxylic acids is 2. The van der Waals surface area contributed by atoms with Gasteiger partial charge in [-0.3, -0.25) is 0 Å². The van der Waals surface area contributed by atoms with Gasteiger partial charge in [-0.05, 0) is 35.7 Å². The Labute approximate surface area is 135 Å². The van der Waals surface area contributed by atoms with E-state index in [4.69, 9.17) is 0 Å². The monoisotopic (exact) mass is 312 g/mol. The van der Waals surface area contributed by atoms with Gasteiger partial charge < -0.3 is 15.4 Å². The number of anilines is 2. The number of rotatable bonds is 4. The van der Waals surface area contributed by atoms with Crippen LogP contribution in [0.1, 0.15) is 35.7 Å². The van der Waals surface area contributed by atoms with Gasteiger partial charge in [-0.2, -0.15) is 0 Å². The molecule has 2 amide bonds. The second kappa shape index (κ2) is 7.45. The Bertz CT molecular complexity index is 711. The summed E-state index contributed by atoms with van der Waals surface area (Å²) < 4.78 is 4.67. The van der Waals surface area contributed by atoms with E-state index in [0.717, 1.165) is 11.3 Å². The van der Waals surface area contributed by atoms with Crippen molar-refractivity contribution in [2.24, 2.45) is 0 Å². The molecule has 0 unspecified atom stereocenters. The van der Waals surface area contributed by atoms with Crippen LogP contribution in [0.2, 0.25) is 0 Å². The summed E-state index contributed by atoms with van der Waals surface area (Å²) in [7, 11) is 1.32. The standard InChI is InChI=1S/C18H20N2O3/c1-12(2)15-9-4-5-10-16(15)20-18(22)19-14-8-6-7-13(11-14)17(21)23-3/h4-12H,1-3H3,(H2,19,20,22). The first-order valence-corrected chi connectivity index (χ1v) is 7.36. The third-order valence-electron chi connectivity index (χ3n) is 3.37. The van der Waals surface area contributed by atoms with E-state index < -0.39 is 5.97 Å². The molecule has 2 N–H and O–H groups in total. The van der Waals surface area contributed by atoms with Crippen LogP contribution in [0.3, 0.4) is 0 Å². The van der Waals surface area contributed by atoms with E-state index in [1.54, 1.807) is 24.3 Å². The molecule has 120 valence electrons. The van der Waals surface area contributed by atoms with Crippen LogP contribution in [0.4, 0.5) is 16.2 Å². The SMILES string of the molecule is COC(=O)c1cccc(NC(=O)Nc2ccccc2C(C)C)c1. The molecule has 0 aliphatic carbocycles. The molecule has 5 nitrogen and oxygen atoms in total. The number of amides is 2. The summed E-state index contributed by atoms with van der Waals surface area (Å²) in [4.78, 5) is 23.7. The smallest absolute Gasteiger partial charge is 0.337 e. The number of para-hydroxylation sites is 1. The molecule has 5 heteroatoms. The summed E-state index contributed by atoms with van der Waals surface area (Å²) >= 11 is 0. The highest BCUT2D eigenvalue weighted by Crippen LogP contribution is 2.23. The van der Waals surface area contributed by atoms with Gasteiger partial charge in [0.05, 0.1) is 12.7 Å². The van der Waals surface area contributed by atoms with Crippen molar-refractivity contribution in [3.05, 3.63) is 59.7 Å². The molecule has 0 saturated carbocycles. The Morgan fingerprint density at radius 1 is 1.00 bits per heavy atom. The van der Waals surface area contributed by atoms with Crippen LogP contribution in [0, 0.1) is 0 Å². The highest BCUT2D eigenvalue weighted by molar-refractivity contribution is 6.01. The van der Waals surface area contributed by atoms with E-state index in [1.165, 1.54) is 7.11 Å². The van der Waals surface area contributed by atoms with Crippen molar-refractivity contribution in [3.8, 4) is 0 Å². The van der Waals surface area contributed by atoms with E-state index in [9.17, 15) is 9.59 Å². The molecule has 2 aromatic rings. The molecule has 2 aromatic carbocycles. The number of urea groups is 1. The quantitative estimate of drug-likeness (QED) is 0.830. The number of nitrogens with one attached hydrogen (secondary N) is 2. The van der Waals surface area contributed by atoms with Crippen molar-refractivity contribution in [1.82, 2.24) is 0 Å². The second-order valence-electron chi connectivity index (χ2n) is 5.39. The number of hydrogen-bond donors (Lipinski definition) is 2. The molecule has 0 fully saturated rings. The number of hydrogen-bond acceptors (Lipinski definition) is 3. The summed E-state index contributed by atoms with van der Waals surface area (Å²) in [5, 5.41) is 5.55. The van der Waals surface area contributed by atoms with Crippen molar-refractivity contribution in [2.75, 3.05) is 17.7 Å². The van der Waals surface area contributed by atoms with Gasteiger partial charge in [-0.25, -0.2) is 9.59 Å². The average Bonchev–Trinajstić information content (AvgIpc) is 2.54.